The van der Waals surface area contributed by atoms with Gasteiger partial charge in [0.2, 0.25) is 5.91 Å². The summed E-state index contributed by atoms with van der Waals surface area (Å²) in [5, 5.41) is 5.34. The van der Waals surface area contributed by atoms with Crippen LogP contribution in [-0.4, -0.2) is 22.4 Å². The third kappa shape index (κ3) is 5.66. The maximum atomic E-state index is 12.0. The lowest BCUT2D eigenvalue weighted by atomic mass is 10.2. The Bertz CT molecular complexity index is 1030. The molecule has 0 radical (unpaired) electrons. The molecule has 0 aliphatic heterocycles. The number of aromatic nitrogens is 1. The van der Waals surface area contributed by atoms with Gasteiger partial charge in [0, 0.05) is 27.7 Å². The van der Waals surface area contributed by atoms with Crippen LogP contribution in [-0.2, 0) is 10.5 Å². The molecule has 0 aliphatic carbocycles. The third-order valence-corrected chi connectivity index (χ3v) is 5.92. The summed E-state index contributed by atoms with van der Waals surface area (Å²) >= 11 is 14.0. The number of carbonyl (C=O) groups excluding carboxylic acids is 1. The van der Waals surface area contributed by atoms with E-state index in [4.69, 9.17) is 23.2 Å². The Morgan fingerprint density at radius 3 is 2.66 bits per heavy atom. The molecule has 1 aromatic heterocycles. The van der Waals surface area contributed by atoms with E-state index < -0.39 is 0 Å². The van der Waals surface area contributed by atoms with Gasteiger partial charge in [-0.05, 0) is 43.7 Å². The summed E-state index contributed by atoms with van der Waals surface area (Å²) < 4.78 is 2.02. The van der Waals surface area contributed by atoms with Gasteiger partial charge in [0.15, 0.2) is 0 Å². The van der Waals surface area contributed by atoms with E-state index in [9.17, 15) is 4.79 Å². The van der Waals surface area contributed by atoms with E-state index in [0.29, 0.717) is 15.8 Å². The van der Waals surface area contributed by atoms with Gasteiger partial charge in [0.25, 0.3) is 0 Å². The smallest absolute Gasteiger partial charge is 0.250 e. The fraction of sp³-hybridized carbons (Fsp3) is 0.182. The number of rotatable bonds is 7. The number of hydrogen-bond acceptors (Lipinski definition) is 3. The molecule has 7 heteroatoms. The first-order valence-corrected chi connectivity index (χ1v) is 10.9. The minimum Gasteiger partial charge on any atom is -0.316 e. The van der Waals surface area contributed by atoms with Crippen molar-refractivity contribution in [2.45, 2.75) is 19.6 Å². The number of halogens is 2. The number of amides is 1. The summed E-state index contributed by atoms with van der Waals surface area (Å²) in [6, 6.07) is 17.4. The number of benzene rings is 2. The van der Waals surface area contributed by atoms with E-state index in [2.05, 4.69) is 10.5 Å². The van der Waals surface area contributed by atoms with Gasteiger partial charge in [-0.3, -0.25) is 4.79 Å². The van der Waals surface area contributed by atoms with Gasteiger partial charge in [0.1, 0.15) is 0 Å². The number of nitrogens with zero attached hydrogens (tertiary/aromatic N) is 2. The fourth-order valence-corrected chi connectivity index (χ4v) is 4.14. The molecule has 0 bridgehead atoms. The van der Waals surface area contributed by atoms with Crippen LogP contribution in [0.3, 0.4) is 0 Å². The largest absolute Gasteiger partial charge is 0.316 e. The lowest BCUT2D eigenvalue weighted by Gasteiger charge is -2.12. The van der Waals surface area contributed by atoms with Crippen LogP contribution in [0.15, 0.2) is 59.7 Å². The monoisotopic (exact) mass is 445 g/mol. The average molecular weight is 446 g/mol. The molecular weight excluding hydrogens is 425 g/mol. The zero-order valence-electron chi connectivity index (χ0n) is 16.2. The minimum absolute atomic E-state index is 0.131. The van der Waals surface area contributed by atoms with Crippen LogP contribution in [0.5, 0.6) is 0 Å². The van der Waals surface area contributed by atoms with E-state index >= 15 is 0 Å². The molecule has 3 rings (SSSR count). The number of hydrazone groups is 1. The molecule has 0 saturated carbocycles. The molecule has 1 amide bonds. The second-order valence-electron chi connectivity index (χ2n) is 6.53. The van der Waals surface area contributed by atoms with Crippen molar-refractivity contribution in [3.8, 4) is 5.69 Å². The van der Waals surface area contributed by atoms with Crippen molar-refractivity contribution in [1.82, 2.24) is 9.99 Å². The van der Waals surface area contributed by atoms with Gasteiger partial charge in [-0.2, -0.15) is 5.10 Å². The summed E-state index contributed by atoms with van der Waals surface area (Å²) in [6.07, 6.45) is 1.65. The van der Waals surface area contributed by atoms with Crippen LogP contribution >= 0.6 is 35.0 Å². The lowest BCUT2D eigenvalue weighted by Crippen LogP contribution is -2.19. The maximum Gasteiger partial charge on any atom is 0.250 e. The van der Waals surface area contributed by atoms with Crippen LogP contribution < -0.4 is 5.43 Å². The molecule has 1 heterocycles. The van der Waals surface area contributed by atoms with Crippen molar-refractivity contribution >= 4 is 47.1 Å². The van der Waals surface area contributed by atoms with Crippen molar-refractivity contribution in [3.05, 3.63) is 87.2 Å². The molecule has 0 spiro atoms. The Labute approximate surface area is 184 Å². The van der Waals surface area contributed by atoms with Gasteiger partial charge < -0.3 is 4.57 Å². The first kappa shape index (κ1) is 21.5. The first-order chi connectivity index (χ1) is 14.0. The summed E-state index contributed by atoms with van der Waals surface area (Å²) in [6.45, 7) is 3.96. The molecule has 29 heavy (non-hydrogen) atoms. The molecule has 3 aromatic rings. The van der Waals surface area contributed by atoms with Crippen molar-refractivity contribution in [1.29, 1.82) is 0 Å². The predicted octanol–water partition coefficient (Wildman–Crippen LogP) is 5.78. The molecule has 0 fully saturated rings. The van der Waals surface area contributed by atoms with Crippen molar-refractivity contribution in [2.24, 2.45) is 5.10 Å². The lowest BCUT2D eigenvalue weighted by molar-refractivity contribution is -0.118. The zero-order chi connectivity index (χ0) is 20.8. The van der Waals surface area contributed by atoms with E-state index in [1.54, 1.807) is 30.1 Å². The number of aryl methyl sites for hydroxylation is 1. The highest BCUT2D eigenvalue weighted by Crippen LogP contribution is 2.28. The SMILES string of the molecule is Cc1cc(/C=N\NC(=O)CSCc2ccccc2)c(C)n1-c1cc(Cl)ccc1Cl. The summed E-state index contributed by atoms with van der Waals surface area (Å²) in [5.41, 5.74) is 7.46. The van der Waals surface area contributed by atoms with E-state index in [-0.39, 0.29) is 5.91 Å². The zero-order valence-corrected chi connectivity index (χ0v) is 18.5. The van der Waals surface area contributed by atoms with Crippen molar-refractivity contribution in [3.63, 3.8) is 0 Å². The first-order valence-electron chi connectivity index (χ1n) is 9.03. The van der Waals surface area contributed by atoms with Crippen LogP contribution in [0.2, 0.25) is 10.0 Å². The summed E-state index contributed by atoms with van der Waals surface area (Å²) in [7, 11) is 0. The molecule has 150 valence electrons. The minimum atomic E-state index is -0.131. The quantitative estimate of drug-likeness (QED) is 0.369. The number of nitrogens with one attached hydrogen (secondary N) is 1. The summed E-state index contributed by atoms with van der Waals surface area (Å²) in [4.78, 5) is 12.0. The standard InChI is InChI=1S/C22H21Cl2N3OS/c1-15-10-18(16(2)27(15)21-11-19(23)8-9-20(21)24)12-25-26-22(28)14-29-13-17-6-4-3-5-7-17/h3-12H,13-14H2,1-2H3,(H,26,28)/b25-12-. The molecule has 2 aromatic carbocycles. The Morgan fingerprint density at radius 1 is 1.14 bits per heavy atom. The van der Waals surface area contributed by atoms with Crippen LogP contribution in [0.4, 0.5) is 0 Å². The normalized spacial score (nSPS) is 11.2. The average Bonchev–Trinajstić information content (AvgIpc) is 2.98. The fourth-order valence-electron chi connectivity index (χ4n) is 2.99. The van der Waals surface area contributed by atoms with E-state index in [0.717, 1.165) is 28.4 Å². The molecule has 0 saturated heterocycles. The number of thioether (sulfide) groups is 1. The van der Waals surface area contributed by atoms with Crippen molar-refractivity contribution < 1.29 is 4.79 Å². The Hall–Kier alpha value is -2.21. The second-order valence-corrected chi connectivity index (χ2v) is 8.36. The van der Waals surface area contributed by atoms with Crippen LogP contribution in [0.25, 0.3) is 5.69 Å². The Balaban J connectivity index is 1.61. The Morgan fingerprint density at radius 2 is 1.90 bits per heavy atom. The van der Waals surface area contributed by atoms with Crippen LogP contribution in [0, 0.1) is 13.8 Å². The van der Waals surface area contributed by atoms with E-state index in [1.165, 1.54) is 5.56 Å². The summed E-state index contributed by atoms with van der Waals surface area (Å²) in [5.74, 6) is 1.01. The maximum absolute atomic E-state index is 12.0. The third-order valence-electron chi connectivity index (χ3n) is 4.36. The molecular formula is C22H21Cl2N3OS. The number of hydrogen-bond donors (Lipinski definition) is 1. The second kappa shape index (κ2) is 10.0. The molecule has 0 atom stereocenters. The van der Waals surface area contributed by atoms with Crippen LogP contribution in [0.1, 0.15) is 22.5 Å². The topological polar surface area (TPSA) is 46.4 Å². The Kier molecular flexibility index (Phi) is 7.42. The molecule has 0 unspecified atom stereocenters. The molecule has 4 nitrogen and oxygen atoms in total. The highest BCUT2D eigenvalue weighted by molar-refractivity contribution is 7.99. The van der Waals surface area contributed by atoms with Gasteiger partial charge in [-0.1, -0.05) is 53.5 Å². The van der Waals surface area contributed by atoms with Gasteiger partial charge in [0.05, 0.1) is 22.7 Å². The highest BCUT2D eigenvalue weighted by Gasteiger charge is 2.12. The number of carbonyl (C=O) groups is 1. The van der Waals surface area contributed by atoms with E-state index in [1.807, 2.05) is 60.9 Å². The predicted molar refractivity (Wildman–Crippen MR) is 124 cm³/mol. The molecule has 1 N–H and O–H groups in total. The van der Waals surface area contributed by atoms with Gasteiger partial charge >= 0.3 is 0 Å². The van der Waals surface area contributed by atoms with Gasteiger partial charge in [-0.25, -0.2) is 5.43 Å². The molecule has 0 aliphatic rings. The van der Waals surface area contributed by atoms with Crippen molar-refractivity contribution in [2.75, 3.05) is 5.75 Å². The van der Waals surface area contributed by atoms with Gasteiger partial charge in [-0.15, -0.1) is 11.8 Å². The highest BCUT2D eigenvalue weighted by atomic mass is 35.5.